The van der Waals surface area contributed by atoms with E-state index >= 15 is 0 Å². The maximum absolute atomic E-state index is 2.44. The first kappa shape index (κ1) is 29.9. The zero-order chi connectivity index (χ0) is 33.7. The van der Waals surface area contributed by atoms with E-state index < -0.39 is 0 Å². The Labute approximate surface area is 294 Å². The van der Waals surface area contributed by atoms with E-state index in [1.807, 2.05) is 0 Å². The molecule has 238 valence electrons. The van der Waals surface area contributed by atoms with E-state index in [1.165, 1.54) is 66.4 Å². The molecule has 1 heteroatoms. The Bertz CT molecular complexity index is 2490. The van der Waals surface area contributed by atoms with Crippen molar-refractivity contribution in [3.63, 3.8) is 0 Å². The molecule has 8 aromatic rings. The smallest absolute Gasteiger partial charge is 0.0540 e. The zero-order valence-corrected chi connectivity index (χ0v) is 28.3. The molecule has 0 heterocycles. The van der Waals surface area contributed by atoms with Gasteiger partial charge in [-0.25, -0.2) is 0 Å². The van der Waals surface area contributed by atoms with Crippen LogP contribution in [0.3, 0.4) is 0 Å². The molecule has 0 unspecified atom stereocenters. The van der Waals surface area contributed by atoms with Gasteiger partial charge in [-0.3, -0.25) is 0 Å². The summed E-state index contributed by atoms with van der Waals surface area (Å²) in [5, 5.41) is 2.52. The molecule has 9 rings (SSSR count). The minimum absolute atomic E-state index is 0.110. The van der Waals surface area contributed by atoms with E-state index in [4.69, 9.17) is 0 Å². The predicted octanol–water partition coefficient (Wildman–Crippen LogP) is 13.6. The monoisotopic (exact) mass is 639 g/mol. The van der Waals surface area contributed by atoms with Gasteiger partial charge in [0.05, 0.1) is 5.69 Å². The second-order valence-corrected chi connectivity index (χ2v) is 13.7. The van der Waals surface area contributed by atoms with Crippen molar-refractivity contribution >= 4 is 27.8 Å². The molecule has 0 spiro atoms. The third kappa shape index (κ3) is 4.94. The van der Waals surface area contributed by atoms with Crippen LogP contribution in [0.5, 0.6) is 0 Å². The van der Waals surface area contributed by atoms with Crippen LogP contribution in [0.15, 0.2) is 188 Å². The van der Waals surface area contributed by atoms with Crippen LogP contribution in [0.1, 0.15) is 25.0 Å². The lowest BCUT2D eigenvalue weighted by atomic mass is 9.82. The van der Waals surface area contributed by atoms with Gasteiger partial charge in [-0.1, -0.05) is 172 Å². The molecule has 1 aliphatic carbocycles. The molecular formula is C49H37N. The van der Waals surface area contributed by atoms with Crippen molar-refractivity contribution in [2.24, 2.45) is 0 Å². The zero-order valence-electron chi connectivity index (χ0n) is 28.3. The van der Waals surface area contributed by atoms with Gasteiger partial charge in [0.15, 0.2) is 0 Å². The van der Waals surface area contributed by atoms with E-state index in [1.54, 1.807) is 0 Å². The number of hydrogen-bond acceptors (Lipinski definition) is 1. The van der Waals surface area contributed by atoms with E-state index in [2.05, 4.69) is 207 Å². The first-order valence-electron chi connectivity index (χ1n) is 17.4. The number of fused-ring (bicyclic) bond motifs is 4. The quantitative estimate of drug-likeness (QED) is 0.175. The highest BCUT2D eigenvalue weighted by molar-refractivity contribution is 5.98. The number of hydrogen-bond donors (Lipinski definition) is 0. The summed E-state index contributed by atoms with van der Waals surface area (Å²) in [6.07, 6.45) is 0. The highest BCUT2D eigenvalue weighted by Crippen LogP contribution is 2.54. The van der Waals surface area contributed by atoms with Crippen LogP contribution >= 0.6 is 0 Å². The van der Waals surface area contributed by atoms with Crippen LogP contribution in [0, 0.1) is 0 Å². The Kier molecular flexibility index (Phi) is 7.21. The lowest BCUT2D eigenvalue weighted by Gasteiger charge is -2.29. The molecule has 0 fully saturated rings. The normalized spacial score (nSPS) is 12.8. The Morgan fingerprint density at radius 3 is 1.72 bits per heavy atom. The fourth-order valence-electron chi connectivity index (χ4n) is 8.01. The third-order valence-electron chi connectivity index (χ3n) is 10.5. The average molecular weight is 640 g/mol. The summed E-state index contributed by atoms with van der Waals surface area (Å²) in [6.45, 7) is 4.72. The van der Waals surface area contributed by atoms with Crippen molar-refractivity contribution in [3.8, 4) is 44.5 Å². The van der Waals surface area contributed by atoms with Crippen molar-refractivity contribution in [3.05, 3.63) is 199 Å². The van der Waals surface area contributed by atoms with Crippen molar-refractivity contribution < 1.29 is 0 Å². The molecule has 1 nitrogen and oxygen atoms in total. The highest BCUT2D eigenvalue weighted by Gasteiger charge is 2.37. The van der Waals surface area contributed by atoms with Crippen LogP contribution in [-0.4, -0.2) is 0 Å². The Hall–Kier alpha value is -6.18. The van der Waals surface area contributed by atoms with Gasteiger partial charge in [-0.15, -0.1) is 0 Å². The van der Waals surface area contributed by atoms with Crippen LogP contribution in [0.4, 0.5) is 17.1 Å². The van der Waals surface area contributed by atoms with E-state index in [0.29, 0.717) is 0 Å². The molecule has 0 atom stereocenters. The number of anilines is 3. The summed E-state index contributed by atoms with van der Waals surface area (Å²) in [6, 6.07) is 68.5. The predicted molar refractivity (Wildman–Crippen MR) is 213 cm³/mol. The summed E-state index contributed by atoms with van der Waals surface area (Å²) in [4.78, 5) is 2.44. The first-order valence-corrected chi connectivity index (χ1v) is 17.4. The third-order valence-corrected chi connectivity index (χ3v) is 10.5. The summed E-state index contributed by atoms with van der Waals surface area (Å²) in [7, 11) is 0. The lowest BCUT2D eigenvalue weighted by Crippen LogP contribution is -2.15. The van der Waals surface area contributed by atoms with Crippen molar-refractivity contribution in [2.45, 2.75) is 19.3 Å². The fraction of sp³-hybridized carbons (Fsp3) is 0.0612. The SMILES string of the molecule is CC1(C)c2ccc(N(c3ccc(-c4cccc5ccccc45)cc3)c3ccccc3-c3ccccc3)cc2-c2c(-c3ccccc3)cccc21. The van der Waals surface area contributed by atoms with Crippen molar-refractivity contribution in [1.29, 1.82) is 0 Å². The van der Waals surface area contributed by atoms with Crippen LogP contribution in [-0.2, 0) is 5.41 Å². The molecule has 0 radical (unpaired) electrons. The molecule has 0 amide bonds. The van der Waals surface area contributed by atoms with Gasteiger partial charge in [0.2, 0.25) is 0 Å². The Morgan fingerprint density at radius 1 is 0.380 bits per heavy atom. The van der Waals surface area contributed by atoms with Crippen LogP contribution < -0.4 is 4.90 Å². The van der Waals surface area contributed by atoms with Crippen LogP contribution in [0.25, 0.3) is 55.3 Å². The summed E-state index contributed by atoms with van der Waals surface area (Å²) >= 11 is 0. The number of rotatable bonds is 6. The maximum atomic E-state index is 2.44. The molecule has 0 bridgehead atoms. The van der Waals surface area contributed by atoms with Crippen molar-refractivity contribution in [2.75, 3.05) is 4.90 Å². The summed E-state index contributed by atoms with van der Waals surface area (Å²) in [5.41, 5.74) is 16.0. The molecule has 0 N–H and O–H groups in total. The highest BCUT2D eigenvalue weighted by atomic mass is 15.1. The van der Waals surface area contributed by atoms with E-state index in [9.17, 15) is 0 Å². The van der Waals surface area contributed by atoms with Gasteiger partial charge in [-0.2, -0.15) is 0 Å². The molecule has 0 aliphatic heterocycles. The lowest BCUT2D eigenvalue weighted by molar-refractivity contribution is 0.660. The molecule has 1 aliphatic rings. The van der Waals surface area contributed by atoms with Gasteiger partial charge in [0.1, 0.15) is 0 Å². The number of benzene rings is 8. The fourth-order valence-corrected chi connectivity index (χ4v) is 8.01. The molecule has 50 heavy (non-hydrogen) atoms. The first-order chi connectivity index (χ1) is 24.6. The molecule has 0 aromatic heterocycles. The molecular weight excluding hydrogens is 603 g/mol. The topological polar surface area (TPSA) is 3.24 Å². The molecule has 0 saturated carbocycles. The van der Waals surface area contributed by atoms with Crippen molar-refractivity contribution in [1.82, 2.24) is 0 Å². The average Bonchev–Trinajstić information content (AvgIpc) is 3.41. The second-order valence-electron chi connectivity index (χ2n) is 13.7. The summed E-state index contributed by atoms with van der Waals surface area (Å²) in [5.74, 6) is 0. The van der Waals surface area contributed by atoms with Gasteiger partial charge in [-0.05, 0) is 91.2 Å². The molecule has 8 aromatic carbocycles. The second kappa shape index (κ2) is 12.1. The Morgan fingerprint density at radius 2 is 0.940 bits per heavy atom. The number of nitrogens with zero attached hydrogens (tertiary/aromatic N) is 1. The minimum atomic E-state index is -0.110. The molecule has 0 saturated heterocycles. The van der Waals surface area contributed by atoms with E-state index in [-0.39, 0.29) is 5.41 Å². The number of para-hydroxylation sites is 1. The minimum Gasteiger partial charge on any atom is -0.310 e. The largest absolute Gasteiger partial charge is 0.310 e. The van der Waals surface area contributed by atoms with Gasteiger partial charge >= 0.3 is 0 Å². The Balaban J connectivity index is 1.25. The summed E-state index contributed by atoms with van der Waals surface area (Å²) < 4.78 is 0. The maximum Gasteiger partial charge on any atom is 0.0540 e. The van der Waals surface area contributed by atoms with Crippen LogP contribution in [0.2, 0.25) is 0 Å². The van der Waals surface area contributed by atoms with Gasteiger partial charge in [0, 0.05) is 22.4 Å². The van der Waals surface area contributed by atoms with Gasteiger partial charge in [0.25, 0.3) is 0 Å². The van der Waals surface area contributed by atoms with Gasteiger partial charge < -0.3 is 4.90 Å². The van der Waals surface area contributed by atoms with E-state index in [0.717, 1.165) is 17.1 Å². The standard InChI is InChI=1S/C49H37N/c1-49(2)45-32-31-39(33-44(45)48-43(24-14-25-46(48)49)36-17-7-4-8-18-36)50(47-26-12-11-22-42(47)35-15-5-3-6-16-35)38-29-27-37(28-30-38)41-23-13-20-34-19-9-10-21-40(34)41/h3-33H,1-2H3.